The predicted octanol–water partition coefficient (Wildman–Crippen LogP) is 4.21. The Morgan fingerprint density at radius 1 is 1.05 bits per heavy atom. The summed E-state index contributed by atoms with van der Waals surface area (Å²) >= 11 is 1.87. The van der Waals surface area contributed by atoms with E-state index < -0.39 is 0 Å². The first-order chi connectivity index (χ1) is 9.38. The molecule has 0 aliphatic heterocycles. The van der Waals surface area contributed by atoms with Crippen molar-refractivity contribution in [3.63, 3.8) is 0 Å². The molecule has 0 spiro atoms. The van der Waals surface area contributed by atoms with Gasteiger partial charge in [0.25, 0.3) is 0 Å². The zero-order valence-electron chi connectivity index (χ0n) is 11.2. The highest BCUT2D eigenvalue weighted by Crippen LogP contribution is 2.19. The maximum atomic E-state index is 3.18. The Hall–Kier alpha value is -1.51. The van der Waals surface area contributed by atoms with Crippen LogP contribution in [-0.2, 0) is 6.54 Å². The second-order valence-corrected chi connectivity index (χ2v) is 5.40. The minimum Gasteiger partial charge on any atom is -0.316 e. The second kappa shape index (κ2) is 7.82. The standard InChI is InChI=1S/C17H19NS/c1-18-14-16-9-5-11-17(13-16)19-12-6-10-15-7-3-2-4-8-15/h2-11,13,18H,12,14H2,1H3. The van der Waals surface area contributed by atoms with Gasteiger partial charge in [-0.25, -0.2) is 0 Å². The number of hydrogen-bond donors (Lipinski definition) is 1. The fourth-order valence-corrected chi connectivity index (χ4v) is 2.64. The molecule has 2 aromatic rings. The van der Waals surface area contributed by atoms with E-state index in [0.717, 1.165) is 12.3 Å². The summed E-state index contributed by atoms with van der Waals surface area (Å²) in [6, 6.07) is 19.1. The van der Waals surface area contributed by atoms with Crippen LogP contribution in [0, 0.1) is 0 Å². The van der Waals surface area contributed by atoms with E-state index in [1.165, 1.54) is 16.0 Å². The number of benzene rings is 2. The van der Waals surface area contributed by atoms with Crippen LogP contribution in [0.25, 0.3) is 6.08 Å². The van der Waals surface area contributed by atoms with Crippen molar-refractivity contribution in [1.29, 1.82) is 0 Å². The largest absolute Gasteiger partial charge is 0.316 e. The Labute approximate surface area is 119 Å². The molecule has 0 atom stereocenters. The van der Waals surface area contributed by atoms with E-state index in [0.29, 0.717) is 0 Å². The summed E-state index contributed by atoms with van der Waals surface area (Å²) in [7, 11) is 1.97. The van der Waals surface area contributed by atoms with Crippen LogP contribution in [0.2, 0.25) is 0 Å². The van der Waals surface area contributed by atoms with E-state index in [9.17, 15) is 0 Å². The van der Waals surface area contributed by atoms with Crippen molar-refractivity contribution >= 4 is 17.8 Å². The van der Waals surface area contributed by atoms with Gasteiger partial charge in [0.15, 0.2) is 0 Å². The lowest BCUT2D eigenvalue weighted by molar-refractivity contribution is 0.815. The SMILES string of the molecule is CNCc1cccc(SCC=Cc2ccccc2)c1. The van der Waals surface area contributed by atoms with Crippen molar-refractivity contribution in [1.82, 2.24) is 5.32 Å². The monoisotopic (exact) mass is 269 g/mol. The van der Waals surface area contributed by atoms with Crippen molar-refractivity contribution in [2.45, 2.75) is 11.4 Å². The third-order valence-electron chi connectivity index (χ3n) is 2.74. The molecule has 0 saturated carbocycles. The Kier molecular flexibility index (Phi) is 5.73. The van der Waals surface area contributed by atoms with Crippen LogP contribution in [0.5, 0.6) is 0 Å². The van der Waals surface area contributed by atoms with Crippen LogP contribution in [0.1, 0.15) is 11.1 Å². The zero-order chi connectivity index (χ0) is 13.3. The molecule has 0 aromatic heterocycles. The average molecular weight is 269 g/mol. The number of thioether (sulfide) groups is 1. The molecule has 0 bridgehead atoms. The fraction of sp³-hybridized carbons (Fsp3) is 0.176. The highest BCUT2D eigenvalue weighted by Gasteiger charge is 1.95. The molecule has 0 heterocycles. The normalized spacial score (nSPS) is 11.0. The van der Waals surface area contributed by atoms with Crippen molar-refractivity contribution in [3.05, 3.63) is 71.8 Å². The Bertz CT molecular complexity index is 520. The van der Waals surface area contributed by atoms with Crippen LogP contribution in [0.3, 0.4) is 0 Å². The van der Waals surface area contributed by atoms with Gasteiger partial charge in [0, 0.05) is 17.2 Å². The van der Waals surface area contributed by atoms with Crippen LogP contribution >= 0.6 is 11.8 Å². The van der Waals surface area contributed by atoms with E-state index in [-0.39, 0.29) is 0 Å². The molecule has 2 aromatic carbocycles. The molecule has 0 aliphatic carbocycles. The Morgan fingerprint density at radius 3 is 2.68 bits per heavy atom. The van der Waals surface area contributed by atoms with Crippen LogP contribution < -0.4 is 5.32 Å². The second-order valence-electron chi connectivity index (χ2n) is 4.30. The molecule has 0 fully saturated rings. The zero-order valence-corrected chi connectivity index (χ0v) is 12.0. The van der Waals surface area contributed by atoms with Gasteiger partial charge in [-0.05, 0) is 30.3 Å². The molecule has 0 unspecified atom stereocenters. The molecule has 2 heteroatoms. The van der Waals surface area contributed by atoms with Crippen LogP contribution in [0.4, 0.5) is 0 Å². The van der Waals surface area contributed by atoms with Gasteiger partial charge in [-0.15, -0.1) is 11.8 Å². The van der Waals surface area contributed by atoms with Gasteiger partial charge in [-0.1, -0.05) is 54.6 Å². The highest BCUT2D eigenvalue weighted by atomic mass is 32.2. The molecule has 2 rings (SSSR count). The predicted molar refractivity (Wildman–Crippen MR) is 85.4 cm³/mol. The van der Waals surface area contributed by atoms with E-state index in [4.69, 9.17) is 0 Å². The smallest absolute Gasteiger partial charge is 0.0202 e. The summed E-state index contributed by atoms with van der Waals surface area (Å²) in [4.78, 5) is 1.32. The van der Waals surface area contributed by atoms with E-state index in [1.807, 2.05) is 24.9 Å². The van der Waals surface area contributed by atoms with Crippen molar-refractivity contribution in [2.24, 2.45) is 0 Å². The molecule has 0 saturated heterocycles. The van der Waals surface area contributed by atoms with Gasteiger partial charge in [0.2, 0.25) is 0 Å². The van der Waals surface area contributed by atoms with E-state index in [1.54, 1.807) is 0 Å². The van der Waals surface area contributed by atoms with Gasteiger partial charge < -0.3 is 5.32 Å². The van der Waals surface area contributed by atoms with Crippen LogP contribution in [0.15, 0.2) is 65.6 Å². The maximum absolute atomic E-state index is 3.18. The molecule has 0 amide bonds. The minimum atomic E-state index is 0.925. The molecule has 0 aliphatic rings. The number of hydrogen-bond acceptors (Lipinski definition) is 2. The summed E-state index contributed by atoms with van der Waals surface area (Å²) in [6.45, 7) is 0.925. The first-order valence-corrected chi connectivity index (χ1v) is 7.45. The van der Waals surface area contributed by atoms with Crippen molar-refractivity contribution < 1.29 is 0 Å². The van der Waals surface area contributed by atoms with Crippen molar-refractivity contribution in [3.8, 4) is 0 Å². The average Bonchev–Trinajstić information content (AvgIpc) is 2.46. The Morgan fingerprint density at radius 2 is 1.89 bits per heavy atom. The number of rotatable bonds is 6. The minimum absolute atomic E-state index is 0.925. The third kappa shape index (κ3) is 4.93. The summed E-state index contributed by atoms with van der Waals surface area (Å²) in [5.41, 5.74) is 2.59. The fourth-order valence-electron chi connectivity index (χ4n) is 1.84. The molecular weight excluding hydrogens is 250 g/mol. The van der Waals surface area contributed by atoms with Gasteiger partial charge in [0.05, 0.1) is 0 Å². The number of nitrogens with one attached hydrogen (secondary N) is 1. The quantitative estimate of drug-likeness (QED) is 0.788. The molecule has 98 valence electrons. The Balaban J connectivity index is 1.85. The van der Waals surface area contributed by atoms with Gasteiger partial charge >= 0.3 is 0 Å². The van der Waals surface area contributed by atoms with Gasteiger partial charge in [0.1, 0.15) is 0 Å². The van der Waals surface area contributed by atoms with E-state index >= 15 is 0 Å². The van der Waals surface area contributed by atoms with Crippen molar-refractivity contribution in [2.75, 3.05) is 12.8 Å². The highest BCUT2D eigenvalue weighted by molar-refractivity contribution is 7.99. The summed E-state index contributed by atoms with van der Waals surface area (Å²) in [5, 5.41) is 3.18. The summed E-state index contributed by atoms with van der Waals surface area (Å²) in [6.07, 6.45) is 4.38. The van der Waals surface area contributed by atoms with Crippen LogP contribution in [-0.4, -0.2) is 12.8 Å². The molecule has 0 radical (unpaired) electrons. The lowest BCUT2D eigenvalue weighted by Crippen LogP contribution is -2.04. The molecule has 19 heavy (non-hydrogen) atoms. The molecule has 1 N–H and O–H groups in total. The third-order valence-corrected chi connectivity index (χ3v) is 3.68. The van der Waals surface area contributed by atoms with Gasteiger partial charge in [-0.2, -0.15) is 0 Å². The lowest BCUT2D eigenvalue weighted by Gasteiger charge is -2.03. The lowest BCUT2D eigenvalue weighted by atomic mass is 10.2. The summed E-state index contributed by atoms with van der Waals surface area (Å²) < 4.78 is 0. The molecular formula is C17H19NS. The topological polar surface area (TPSA) is 12.0 Å². The maximum Gasteiger partial charge on any atom is 0.0202 e. The first kappa shape index (κ1) is 13.9. The first-order valence-electron chi connectivity index (χ1n) is 6.46. The summed E-state index contributed by atoms with van der Waals surface area (Å²) in [5.74, 6) is 0.998. The van der Waals surface area contributed by atoms with Gasteiger partial charge in [-0.3, -0.25) is 0 Å². The molecule has 1 nitrogen and oxygen atoms in total. The van der Waals surface area contributed by atoms with E-state index in [2.05, 4.69) is 66.0 Å².